The number of hydrogen-bond acceptors (Lipinski definition) is 4. The van der Waals surface area contributed by atoms with Crippen LogP contribution in [0.1, 0.15) is 52.4 Å². The Morgan fingerprint density at radius 2 is 1.51 bits per heavy atom. The molecular formula is C34H32N4O3. The monoisotopic (exact) mass is 544 g/mol. The van der Waals surface area contributed by atoms with Crippen LogP contribution in [0.15, 0.2) is 108 Å². The largest absolute Gasteiger partial charge is 0.321 e. The summed E-state index contributed by atoms with van der Waals surface area (Å²) >= 11 is 0. The van der Waals surface area contributed by atoms with Gasteiger partial charge in [0.1, 0.15) is 0 Å². The molecule has 0 aromatic heterocycles. The molecule has 4 aromatic rings. The van der Waals surface area contributed by atoms with Crippen molar-refractivity contribution in [2.45, 2.75) is 32.9 Å². The van der Waals surface area contributed by atoms with Gasteiger partial charge in [-0.15, -0.1) is 0 Å². The third-order valence-corrected chi connectivity index (χ3v) is 7.11. The molecule has 0 spiro atoms. The van der Waals surface area contributed by atoms with Crippen LogP contribution < -0.4 is 15.5 Å². The Morgan fingerprint density at radius 3 is 2.22 bits per heavy atom. The Hall–Kier alpha value is -5.04. The van der Waals surface area contributed by atoms with Crippen LogP contribution >= 0.6 is 0 Å². The van der Waals surface area contributed by atoms with Gasteiger partial charge in [0.2, 0.25) is 6.17 Å². The highest BCUT2D eigenvalue weighted by Gasteiger charge is 2.34. The van der Waals surface area contributed by atoms with Crippen LogP contribution in [0.25, 0.3) is 0 Å². The summed E-state index contributed by atoms with van der Waals surface area (Å²) < 4.78 is 0. The third kappa shape index (κ3) is 6.09. The predicted octanol–water partition coefficient (Wildman–Crippen LogP) is 6.33. The lowest BCUT2D eigenvalue weighted by Crippen LogP contribution is -2.50. The van der Waals surface area contributed by atoms with E-state index in [-0.39, 0.29) is 12.3 Å². The van der Waals surface area contributed by atoms with Crippen molar-refractivity contribution in [2.75, 3.05) is 16.8 Å². The first kappa shape index (κ1) is 27.5. The second kappa shape index (κ2) is 12.0. The summed E-state index contributed by atoms with van der Waals surface area (Å²) in [4.78, 5) is 46.9. The summed E-state index contributed by atoms with van der Waals surface area (Å²) in [6.07, 6.45) is -1.27. The molecule has 5 rings (SSSR count). The summed E-state index contributed by atoms with van der Waals surface area (Å²) in [6, 6.07) is 31.1. The number of amides is 3. The zero-order chi connectivity index (χ0) is 28.9. The molecule has 1 aliphatic heterocycles. The average molecular weight is 545 g/mol. The number of anilines is 2. The number of benzodiazepines with no additional fused rings is 1. The standard InChI is InChI=1S/C34H32N4O3/c1-22(2)24-17-19-26(20-18-24)35-34(41)37-32-33(40)38(21-30(39)27-14-8-7-11-23(27)3)29-16-10-9-15-28(29)31(36-32)25-12-5-4-6-13-25/h4-20,22,32H,21H2,1-3H3,(H2,35,37,41)/t32-/m1/s1. The molecule has 41 heavy (non-hydrogen) atoms. The fraction of sp³-hybridized carbons (Fsp3) is 0.176. The number of hydrogen-bond donors (Lipinski definition) is 2. The van der Waals surface area contributed by atoms with E-state index in [0.717, 1.165) is 16.7 Å². The first-order valence-electron chi connectivity index (χ1n) is 13.6. The lowest BCUT2D eigenvalue weighted by atomic mass is 9.99. The highest BCUT2D eigenvalue weighted by molar-refractivity contribution is 6.21. The molecule has 1 aliphatic rings. The summed E-state index contributed by atoms with van der Waals surface area (Å²) in [5, 5.41) is 5.55. The number of Topliss-reactive ketones (excluding diaryl/α,β-unsaturated/α-hetero) is 1. The van der Waals surface area contributed by atoms with Gasteiger partial charge in [-0.1, -0.05) is 98.8 Å². The molecule has 0 fully saturated rings. The number of carbonyl (C=O) groups is 3. The first-order chi connectivity index (χ1) is 19.8. The van der Waals surface area contributed by atoms with Gasteiger partial charge in [-0.2, -0.15) is 0 Å². The maximum atomic E-state index is 14.1. The van der Waals surface area contributed by atoms with Crippen LogP contribution in [0.5, 0.6) is 0 Å². The molecule has 7 nitrogen and oxygen atoms in total. The second-order valence-electron chi connectivity index (χ2n) is 10.3. The number of nitrogens with one attached hydrogen (secondary N) is 2. The molecule has 0 unspecified atom stereocenters. The van der Waals surface area contributed by atoms with E-state index in [0.29, 0.717) is 34.1 Å². The minimum absolute atomic E-state index is 0.200. The molecule has 206 valence electrons. The maximum Gasteiger partial charge on any atom is 0.321 e. The van der Waals surface area contributed by atoms with Crippen molar-refractivity contribution in [1.29, 1.82) is 0 Å². The fourth-order valence-corrected chi connectivity index (χ4v) is 4.87. The van der Waals surface area contributed by atoms with Gasteiger partial charge >= 0.3 is 6.03 Å². The average Bonchev–Trinajstić information content (AvgIpc) is 3.09. The summed E-state index contributed by atoms with van der Waals surface area (Å²) in [6.45, 7) is 5.87. The Labute approximate surface area is 239 Å². The van der Waals surface area contributed by atoms with E-state index in [1.165, 1.54) is 4.90 Å². The molecule has 4 aromatic carbocycles. The van der Waals surface area contributed by atoms with Gasteiger partial charge in [-0.3, -0.25) is 9.59 Å². The molecule has 1 atom stereocenters. The van der Waals surface area contributed by atoms with Crippen LogP contribution in [0.2, 0.25) is 0 Å². The predicted molar refractivity (Wildman–Crippen MR) is 163 cm³/mol. The zero-order valence-corrected chi connectivity index (χ0v) is 23.3. The van der Waals surface area contributed by atoms with Crippen molar-refractivity contribution in [1.82, 2.24) is 5.32 Å². The van der Waals surface area contributed by atoms with E-state index in [2.05, 4.69) is 24.5 Å². The van der Waals surface area contributed by atoms with E-state index in [4.69, 9.17) is 4.99 Å². The van der Waals surface area contributed by atoms with E-state index in [1.54, 1.807) is 18.2 Å². The zero-order valence-electron chi connectivity index (χ0n) is 23.3. The number of aryl methyl sites for hydroxylation is 1. The third-order valence-electron chi connectivity index (χ3n) is 7.11. The second-order valence-corrected chi connectivity index (χ2v) is 10.3. The van der Waals surface area contributed by atoms with Crippen LogP contribution in [0.3, 0.4) is 0 Å². The number of urea groups is 1. The number of para-hydroxylation sites is 1. The molecule has 0 aliphatic carbocycles. The number of nitrogens with zero attached hydrogens (tertiary/aromatic N) is 2. The summed E-state index contributed by atoms with van der Waals surface area (Å²) in [5.74, 6) is -0.347. The van der Waals surface area contributed by atoms with Crippen LogP contribution in [0, 0.1) is 6.92 Å². The smallest absolute Gasteiger partial charge is 0.308 e. The molecule has 2 N–H and O–H groups in total. The van der Waals surface area contributed by atoms with Gasteiger partial charge in [0.15, 0.2) is 5.78 Å². The minimum Gasteiger partial charge on any atom is -0.308 e. The minimum atomic E-state index is -1.27. The summed E-state index contributed by atoms with van der Waals surface area (Å²) in [5.41, 5.74) is 5.69. The normalized spacial score (nSPS) is 14.6. The van der Waals surface area contributed by atoms with Crippen molar-refractivity contribution in [3.63, 3.8) is 0 Å². The maximum absolute atomic E-state index is 14.1. The number of benzene rings is 4. The Morgan fingerprint density at radius 1 is 0.854 bits per heavy atom. The molecule has 0 saturated heterocycles. The molecule has 0 radical (unpaired) electrons. The van der Waals surface area contributed by atoms with Crippen molar-refractivity contribution < 1.29 is 14.4 Å². The molecule has 1 heterocycles. The number of fused-ring (bicyclic) bond motifs is 1. The molecule has 0 saturated carbocycles. The molecular weight excluding hydrogens is 512 g/mol. The van der Waals surface area contributed by atoms with Gasteiger partial charge in [0.05, 0.1) is 17.9 Å². The highest BCUT2D eigenvalue weighted by atomic mass is 16.2. The van der Waals surface area contributed by atoms with Gasteiger partial charge in [0.25, 0.3) is 5.91 Å². The Bertz CT molecular complexity index is 1610. The lowest BCUT2D eigenvalue weighted by molar-refractivity contribution is -0.120. The fourth-order valence-electron chi connectivity index (χ4n) is 4.87. The number of aliphatic imine (C=N–C) groups is 1. The van der Waals surface area contributed by atoms with Crippen molar-refractivity contribution in [3.8, 4) is 0 Å². The van der Waals surface area contributed by atoms with Crippen molar-refractivity contribution >= 4 is 34.8 Å². The van der Waals surface area contributed by atoms with Gasteiger partial charge in [-0.05, 0) is 42.2 Å². The SMILES string of the molecule is Cc1ccccc1C(=O)CN1C(=O)[C@@H](NC(=O)Nc2ccc(C(C)C)cc2)N=C(c2ccccc2)c2ccccc21. The van der Waals surface area contributed by atoms with Crippen LogP contribution in [-0.2, 0) is 4.79 Å². The van der Waals surface area contributed by atoms with Gasteiger partial charge in [0, 0.05) is 22.4 Å². The van der Waals surface area contributed by atoms with Gasteiger partial charge < -0.3 is 15.5 Å². The topological polar surface area (TPSA) is 90.9 Å². The quantitative estimate of drug-likeness (QED) is 0.266. The van der Waals surface area contributed by atoms with E-state index < -0.39 is 18.1 Å². The number of ketones is 1. The van der Waals surface area contributed by atoms with Gasteiger partial charge in [-0.25, -0.2) is 9.79 Å². The van der Waals surface area contributed by atoms with E-state index in [9.17, 15) is 14.4 Å². The molecule has 3 amide bonds. The molecule has 0 bridgehead atoms. The Balaban J connectivity index is 1.51. The van der Waals surface area contributed by atoms with E-state index in [1.807, 2.05) is 91.9 Å². The first-order valence-corrected chi connectivity index (χ1v) is 13.6. The number of rotatable bonds is 7. The van der Waals surface area contributed by atoms with Crippen molar-refractivity contribution in [2.24, 2.45) is 4.99 Å². The Kier molecular flexibility index (Phi) is 8.06. The molecule has 7 heteroatoms. The van der Waals surface area contributed by atoms with Crippen LogP contribution in [0.4, 0.5) is 16.2 Å². The number of carbonyl (C=O) groups excluding carboxylic acids is 3. The lowest BCUT2D eigenvalue weighted by Gasteiger charge is -2.25. The van der Waals surface area contributed by atoms with E-state index >= 15 is 0 Å². The highest BCUT2D eigenvalue weighted by Crippen LogP contribution is 2.29. The van der Waals surface area contributed by atoms with Crippen LogP contribution in [-0.4, -0.2) is 36.1 Å². The van der Waals surface area contributed by atoms with Crippen molar-refractivity contribution in [3.05, 3.63) is 131 Å². The summed E-state index contributed by atoms with van der Waals surface area (Å²) in [7, 11) is 0.